The number of hydrogen-bond acceptors (Lipinski definition) is 4. The first kappa shape index (κ1) is 12.0. The molecule has 1 aromatic rings. The smallest absolute Gasteiger partial charge is 0.0944 e. The van der Waals surface area contributed by atoms with E-state index in [9.17, 15) is 0 Å². The predicted octanol–water partition coefficient (Wildman–Crippen LogP) is 2.02. The van der Waals surface area contributed by atoms with Crippen molar-refractivity contribution in [2.45, 2.75) is 51.7 Å². The number of rotatable bonds is 4. The van der Waals surface area contributed by atoms with Crippen LogP contribution in [0.15, 0.2) is 5.38 Å². The molecule has 0 aliphatic carbocycles. The zero-order chi connectivity index (χ0) is 11.5. The highest BCUT2D eigenvalue weighted by molar-refractivity contribution is 7.09. The second-order valence-corrected chi connectivity index (χ2v) is 5.71. The Kier molecular flexibility index (Phi) is 3.95. The Morgan fingerprint density at radius 3 is 3.06 bits per heavy atom. The highest BCUT2D eigenvalue weighted by Gasteiger charge is 2.27. The van der Waals surface area contributed by atoms with Crippen LogP contribution in [0.2, 0.25) is 0 Å². The number of likely N-dealkylation sites (tertiary alicyclic amines) is 1. The molecule has 0 radical (unpaired) electrons. The molecule has 1 aliphatic heterocycles. The first-order chi connectivity index (χ1) is 7.70. The first-order valence-electron chi connectivity index (χ1n) is 6.09. The number of nitrogens with two attached hydrogens (primary N) is 1. The zero-order valence-corrected chi connectivity index (χ0v) is 11.0. The van der Waals surface area contributed by atoms with Crippen LogP contribution in [0.4, 0.5) is 0 Å². The first-order valence-corrected chi connectivity index (χ1v) is 6.97. The monoisotopic (exact) mass is 239 g/mol. The van der Waals surface area contributed by atoms with E-state index in [1.54, 1.807) is 11.3 Å². The number of aromatic nitrogens is 1. The van der Waals surface area contributed by atoms with Crippen molar-refractivity contribution in [1.82, 2.24) is 9.88 Å². The molecule has 0 aromatic carbocycles. The molecule has 1 aromatic heterocycles. The summed E-state index contributed by atoms with van der Waals surface area (Å²) in [6, 6.07) is 1.35. The molecule has 4 heteroatoms. The molecule has 0 saturated carbocycles. The van der Waals surface area contributed by atoms with Gasteiger partial charge >= 0.3 is 0 Å². The Bertz CT molecular complexity index is 335. The lowest BCUT2D eigenvalue weighted by Gasteiger charge is -2.27. The molecule has 16 heavy (non-hydrogen) atoms. The largest absolute Gasteiger partial charge is 0.325 e. The molecule has 2 N–H and O–H groups in total. The van der Waals surface area contributed by atoms with Crippen molar-refractivity contribution in [3.8, 4) is 0 Å². The van der Waals surface area contributed by atoms with E-state index in [-0.39, 0.29) is 0 Å². The van der Waals surface area contributed by atoms with Gasteiger partial charge in [0.15, 0.2) is 0 Å². The SMILES string of the molecule is CC(C)N1CCCC1Cc1nc(CN)cs1. The molecule has 0 amide bonds. The Balaban J connectivity index is 1.98. The van der Waals surface area contributed by atoms with E-state index in [4.69, 9.17) is 5.73 Å². The molecule has 1 unspecified atom stereocenters. The van der Waals surface area contributed by atoms with Gasteiger partial charge in [-0.05, 0) is 33.2 Å². The van der Waals surface area contributed by atoms with Gasteiger partial charge in [-0.2, -0.15) is 0 Å². The van der Waals surface area contributed by atoms with Crippen LogP contribution < -0.4 is 5.73 Å². The summed E-state index contributed by atoms with van der Waals surface area (Å²) in [5.41, 5.74) is 6.62. The van der Waals surface area contributed by atoms with Crippen LogP contribution in [0.1, 0.15) is 37.4 Å². The van der Waals surface area contributed by atoms with Gasteiger partial charge in [-0.25, -0.2) is 4.98 Å². The Labute approximate surface area is 102 Å². The molecule has 1 atom stereocenters. The molecule has 2 rings (SSSR count). The van der Waals surface area contributed by atoms with Crippen LogP contribution >= 0.6 is 11.3 Å². The minimum atomic E-state index is 0.565. The number of thiazole rings is 1. The van der Waals surface area contributed by atoms with E-state index < -0.39 is 0 Å². The van der Waals surface area contributed by atoms with Gasteiger partial charge in [0.05, 0.1) is 10.7 Å². The third kappa shape index (κ3) is 2.62. The van der Waals surface area contributed by atoms with Gasteiger partial charge in [0, 0.05) is 30.4 Å². The average molecular weight is 239 g/mol. The van der Waals surface area contributed by atoms with Gasteiger partial charge in [-0.3, -0.25) is 4.90 Å². The normalized spacial score (nSPS) is 22.1. The Morgan fingerprint density at radius 1 is 1.62 bits per heavy atom. The van der Waals surface area contributed by atoms with Crippen molar-refractivity contribution >= 4 is 11.3 Å². The van der Waals surface area contributed by atoms with Gasteiger partial charge in [-0.15, -0.1) is 11.3 Å². The van der Waals surface area contributed by atoms with Gasteiger partial charge in [0.25, 0.3) is 0 Å². The van der Waals surface area contributed by atoms with Crippen molar-refractivity contribution in [1.29, 1.82) is 0 Å². The summed E-state index contributed by atoms with van der Waals surface area (Å²) in [4.78, 5) is 7.15. The highest BCUT2D eigenvalue weighted by atomic mass is 32.1. The minimum absolute atomic E-state index is 0.565. The zero-order valence-electron chi connectivity index (χ0n) is 10.1. The summed E-state index contributed by atoms with van der Waals surface area (Å²) >= 11 is 1.76. The molecule has 0 bridgehead atoms. The number of nitrogens with zero attached hydrogens (tertiary/aromatic N) is 2. The summed E-state index contributed by atoms with van der Waals surface area (Å²) in [6.45, 7) is 6.38. The lowest BCUT2D eigenvalue weighted by atomic mass is 10.1. The lowest BCUT2D eigenvalue weighted by Crippen LogP contribution is -2.36. The van der Waals surface area contributed by atoms with Crippen molar-refractivity contribution in [3.05, 3.63) is 16.1 Å². The van der Waals surface area contributed by atoms with E-state index in [0.717, 1.165) is 12.1 Å². The molecule has 0 spiro atoms. The molecule has 1 saturated heterocycles. The summed E-state index contributed by atoms with van der Waals surface area (Å²) in [6.07, 6.45) is 3.75. The maximum Gasteiger partial charge on any atom is 0.0944 e. The highest BCUT2D eigenvalue weighted by Crippen LogP contribution is 2.24. The van der Waals surface area contributed by atoms with E-state index in [1.807, 2.05) is 0 Å². The van der Waals surface area contributed by atoms with Crippen molar-refractivity contribution in [2.75, 3.05) is 6.54 Å². The van der Waals surface area contributed by atoms with Crippen LogP contribution in [0.3, 0.4) is 0 Å². The maximum absolute atomic E-state index is 5.58. The average Bonchev–Trinajstić information content (AvgIpc) is 2.87. The third-order valence-electron chi connectivity index (χ3n) is 3.30. The Hall–Kier alpha value is -0.450. The predicted molar refractivity (Wildman–Crippen MR) is 68.6 cm³/mol. The van der Waals surface area contributed by atoms with E-state index in [2.05, 4.69) is 29.1 Å². The van der Waals surface area contributed by atoms with Crippen molar-refractivity contribution in [3.63, 3.8) is 0 Å². The van der Waals surface area contributed by atoms with Gasteiger partial charge in [0.1, 0.15) is 0 Å². The molecule has 1 aliphatic rings. The van der Waals surface area contributed by atoms with Gasteiger partial charge < -0.3 is 5.73 Å². The van der Waals surface area contributed by atoms with Crippen LogP contribution in [-0.2, 0) is 13.0 Å². The summed E-state index contributed by atoms with van der Waals surface area (Å²) in [5, 5.41) is 3.34. The van der Waals surface area contributed by atoms with Crippen LogP contribution in [0.25, 0.3) is 0 Å². The van der Waals surface area contributed by atoms with E-state index in [1.165, 1.54) is 24.4 Å². The van der Waals surface area contributed by atoms with E-state index >= 15 is 0 Å². The van der Waals surface area contributed by atoms with Gasteiger partial charge in [-0.1, -0.05) is 0 Å². The molecule has 3 nitrogen and oxygen atoms in total. The summed E-state index contributed by atoms with van der Waals surface area (Å²) in [5.74, 6) is 0. The molecule has 2 heterocycles. The van der Waals surface area contributed by atoms with Crippen LogP contribution in [-0.4, -0.2) is 28.5 Å². The Morgan fingerprint density at radius 2 is 2.44 bits per heavy atom. The fraction of sp³-hybridized carbons (Fsp3) is 0.750. The molecule has 90 valence electrons. The maximum atomic E-state index is 5.58. The number of hydrogen-bond donors (Lipinski definition) is 1. The summed E-state index contributed by atoms with van der Waals surface area (Å²) in [7, 11) is 0. The molecular formula is C12H21N3S. The van der Waals surface area contributed by atoms with Crippen LogP contribution in [0, 0.1) is 0 Å². The summed E-state index contributed by atoms with van der Waals surface area (Å²) < 4.78 is 0. The second-order valence-electron chi connectivity index (χ2n) is 4.77. The minimum Gasteiger partial charge on any atom is -0.325 e. The molecular weight excluding hydrogens is 218 g/mol. The lowest BCUT2D eigenvalue weighted by molar-refractivity contribution is 0.202. The fourth-order valence-corrected chi connectivity index (χ4v) is 3.37. The van der Waals surface area contributed by atoms with Crippen molar-refractivity contribution < 1.29 is 0 Å². The second kappa shape index (κ2) is 5.25. The quantitative estimate of drug-likeness (QED) is 0.874. The third-order valence-corrected chi connectivity index (χ3v) is 4.22. The fourth-order valence-electron chi connectivity index (χ4n) is 2.50. The van der Waals surface area contributed by atoms with E-state index in [0.29, 0.717) is 18.6 Å². The molecule has 1 fully saturated rings. The van der Waals surface area contributed by atoms with Gasteiger partial charge in [0.2, 0.25) is 0 Å². The van der Waals surface area contributed by atoms with Crippen LogP contribution in [0.5, 0.6) is 0 Å². The van der Waals surface area contributed by atoms with Crippen molar-refractivity contribution in [2.24, 2.45) is 5.73 Å². The topological polar surface area (TPSA) is 42.2 Å². The standard InChI is InChI=1S/C12H21N3S/c1-9(2)15-5-3-4-11(15)6-12-14-10(7-13)8-16-12/h8-9,11H,3-7,13H2,1-2H3.